The van der Waals surface area contributed by atoms with E-state index in [1.807, 2.05) is 12.1 Å². The third kappa shape index (κ3) is 1.79. The molecule has 98 valence electrons. The van der Waals surface area contributed by atoms with Crippen LogP contribution in [0.25, 0.3) is 0 Å². The number of ketones is 1. The average Bonchev–Trinajstić information content (AvgIpc) is 2.46. The molecule has 0 radical (unpaired) electrons. The maximum atomic E-state index is 12.7. The summed E-state index contributed by atoms with van der Waals surface area (Å²) in [5, 5.41) is 0. The van der Waals surface area contributed by atoms with Crippen molar-refractivity contribution >= 4 is 5.78 Å². The summed E-state index contributed by atoms with van der Waals surface area (Å²) in [6.45, 7) is 0. The fourth-order valence-corrected chi connectivity index (χ4v) is 4.40. The summed E-state index contributed by atoms with van der Waals surface area (Å²) < 4.78 is 0. The highest BCUT2D eigenvalue weighted by Gasteiger charge is 2.38. The molecule has 0 amide bonds. The van der Waals surface area contributed by atoms with Crippen LogP contribution in [-0.2, 0) is 6.42 Å². The van der Waals surface area contributed by atoms with Gasteiger partial charge in [-0.25, -0.2) is 0 Å². The molecule has 3 atom stereocenters. The minimum absolute atomic E-state index is 0.316. The van der Waals surface area contributed by atoms with Gasteiger partial charge < -0.3 is 0 Å². The Morgan fingerprint density at radius 2 is 1.89 bits per heavy atom. The Bertz CT molecular complexity index is 555. The Labute approximate surface area is 114 Å². The van der Waals surface area contributed by atoms with Crippen LogP contribution in [0.3, 0.4) is 0 Å². The first kappa shape index (κ1) is 11.5. The summed E-state index contributed by atoms with van der Waals surface area (Å²) in [7, 11) is 0. The lowest BCUT2D eigenvalue weighted by molar-refractivity contribution is 0.0989. The summed E-state index contributed by atoms with van der Waals surface area (Å²) in [5.41, 5.74) is 3.37. The quantitative estimate of drug-likeness (QED) is 0.677. The lowest BCUT2D eigenvalue weighted by atomic mass is 9.64. The molecule has 0 aliphatic heterocycles. The number of Topliss-reactive ketones (excluding diaryl/α,β-unsaturated/α-hetero) is 1. The maximum Gasteiger partial charge on any atom is 0.189 e. The Kier molecular flexibility index (Phi) is 2.61. The van der Waals surface area contributed by atoms with Gasteiger partial charge in [-0.15, -0.1) is 0 Å². The molecule has 0 spiro atoms. The highest BCUT2D eigenvalue weighted by atomic mass is 16.1. The van der Waals surface area contributed by atoms with Crippen LogP contribution in [0.1, 0.15) is 48.0 Å². The Morgan fingerprint density at radius 3 is 2.84 bits per heavy atom. The number of carbonyl (C=O) groups excluding carboxylic acids is 1. The van der Waals surface area contributed by atoms with Gasteiger partial charge in [-0.2, -0.15) is 0 Å². The third-order valence-electron chi connectivity index (χ3n) is 5.38. The second-order valence-corrected chi connectivity index (χ2v) is 6.45. The van der Waals surface area contributed by atoms with Crippen LogP contribution in [-0.4, -0.2) is 5.78 Å². The van der Waals surface area contributed by atoms with Crippen molar-refractivity contribution in [2.75, 3.05) is 0 Å². The summed E-state index contributed by atoms with van der Waals surface area (Å²) >= 11 is 0. The Balaban J connectivity index is 1.75. The van der Waals surface area contributed by atoms with Crippen molar-refractivity contribution in [3.05, 3.63) is 47.0 Å². The molecule has 3 aliphatic rings. The second kappa shape index (κ2) is 4.33. The molecule has 3 unspecified atom stereocenters. The molecule has 0 saturated heterocycles. The van der Waals surface area contributed by atoms with Gasteiger partial charge in [0.05, 0.1) is 0 Å². The van der Waals surface area contributed by atoms with Crippen molar-refractivity contribution in [1.82, 2.24) is 0 Å². The van der Waals surface area contributed by atoms with E-state index in [1.54, 1.807) is 0 Å². The smallest absolute Gasteiger partial charge is 0.189 e. The van der Waals surface area contributed by atoms with Crippen LogP contribution in [0.15, 0.2) is 35.9 Å². The fraction of sp³-hybridized carbons (Fsp3) is 0.500. The van der Waals surface area contributed by atoms with Crippen molar-refractivity contribution < 1.29 is 4.79 Å². The summed E-state index contributed by atoms with van der Waals surface area (Å²) in [6.07, 6.45) is 10.1. The molecule has 19 heavy (non-hydrogen) atoms. The molecule has 4 rings (SSSR count). The van der Waals surface area contributed by atoms with Gasteiger partial charge in [-0.1, -0.05) is 43.2 Å². The van der Waals surface area contributed by atoms with Crippen molar-refractivity contribution in [2.45, 2.75) is 38.5 Å². The Hall–Kier alpha value is -1.37. The van der Waals surface area contributed by atoms with E-state index in [2.05, 4.69) is 18.2 Å². The van der Waals surface area contributed by atoms with Crippen LogP contribution >= 0.6 is 0 Å². The van der Waals surface area contributed by atoms with Gasteiger partial charge in [0, 0.05) is 5.56 Å². The second-order valence-electron chi connectivity index (χ2n) is 6.45. The van der Waals surface area contributed by atoms with E-state index in [0.717, 1.165) is 23.5 Å². The summed E-state index contributed by atoms with van der Waals surface area (Å²) in [4.78, 5) is 12.7. The number of benzene rings is 1. The zero-order chi connectivity index (χ0) is 12.8. The molecule has 1 aromatic carbocycles. The van der Waals surface area contributed by atoms with E-state index in [1.165, 1.54) is 37.7 Å². The first-order valence-electron chi connectivity index (χ1n) is 7.67. The van der Waals surface area contributed by atoms with E-state index in [0.29, 0.717) is 17.6 Å². The highest BCUT2D eigenvalue weighted by molar-refractivity contribution is 6.11. The Morgan fingerprint density at radius 1 is 1.05 bits per heavy atom. The number of carbonyl (C=O) groups is 1. The monoisotopic (exact) mass is 252 g/mol. The minimum Gasteiger partial charge on any atom is -0.289 e. The molecular weight excluding hydrogens is 232 g/mol. The van der Waals surface area contributed by atoms with Crippen LogP contribution < -0.4 is 0 Å². The van der Waals surface area contributed by atoms with Gasteiger partial charge in [0.2, 0.25) is 0 Å². The normalized spacial score (nSPS) is 32.9. The van der Waals surface area contributed by atoms with Gasteiger partial charge in [0.1, 0.15) is 0 Å². The van der Waals surface area contributed by atoms with Gasteiger partial charge in [0.15, 0.2) is 5.78 Å². The molecule has 1 aromatic rings. The molecular formula is C18H20O. The number of hydrogen-bond acceptors (Lipinski definition) is 1. The number of fused-ring (bicyclic) bond motifs is 3. The van der Waals surface area contributed by atoms with E-state index in [4.69, 9.17) is 0 Å². The minimum atomic E-state index is 0.316. The highest BCUT2D eigenvalue weighted by Crippen LogP contribution is 2.45. The molecule has 0 heterocycles. The van der Waals surface area contributed by atoms with E-state index in [9.17, 15) is 4.79 Å². The zero-order valence-electron chi connectivity index (χ0n) is 11.3. The first-order valence-corrected chi connectivity index (χ1v) is 7.67. The zero-order valence-corrected chi connectivity index (χ0v) is 11.3. The molecule has 1 nitrogen and oxygen atoms in total. The van der Waals surface area contributed by atoms with E-state index in [-0.39, 0.29) is 0 Å². The lowest BCUT2D eigenvalue weighted by Gasteiger charge is -2.40. The van der Waals surface area contributed by atoms with Gasteiger partial charge in [-0.3, -0.25) is 4.79 Å². The molecule has 1 heteroatoms. The van der Waals surface area contributed by atoms with Crippen molar-refractivity contribution in [3.8, 4) is 0 Å². The molecule has 0 aromatic heterocycles. The lowest BCUT2D eigenvalue weighted by Crippen LogP contribution is -2.33. The summed E-state index contributed by atoms with van der Waals surface area (Å²) in [6, 6.07) is 8.19. The van der Waals surface area contributed by atoms with E-state index < -0.39 is 0 Å². The van der Waals surface area contributed by atoms with Crippen LogP contribution in [0.4, 0.5) is 0 Å². The van der Waals surface area contributed by atoms with Crippen molar-refractivity contribution in [3.63, 3.8) is 0 Å². The number of hydrogen-bond donors (Lipinski definition) is 0. The van der Waals surface area contributed by atoms with Crippen LogP contribution in [0.5, 0.6) is 0 Å². The molecule has 1 saturated carbocycles. The first-order chi connectivity index (χ1) is 9.33. The third-order valence-corrected chi connectivity index (χ3v) is 5.38. The van der Waals surface area contributed by atoms with Crippen LogP contribution in [0.2, 0.25) is 0 Å². The molecule has 0 bridgehead atoms. The standard InChI is InChI=1S/C18H20O/c19-18-16-8-4-3-7-14(16)10-15-9-12-5-1-2-6-13(12)11-17(15)18/h3-4,7-8,11-13,15H,1-2,5-6,9-10H2. The van der Waals surface area contributed by atoms with Crippen molar-refractivity contribution in [1.29, 1.82) is 0 Å². The SMILES string of the molecule is O=C1C2=CC3CCCCC3CC2Cc2ccccc21. The molecule has 0 N–H and O–H groups in total. The van der Waals surface area contributed by atoms with Crippen molar-refractivity contribution in [2.24, 2.45) is 17.8 Å². The largest absolute Gasteiger partial charge is 0.289 e. The predicted octanol–water partition coefficient (Wildman–Crippen LogP) is 4.18. The van der Waals surface area contributed by atoms with E-state index >= 15 is 0 Å². The van der Waals surface area contributed by atoms with Crippen LogP contribution in [0, 0.1) is 17.8 Å². The average molecular weight is 252 g/mol. The van der Waals surface area contributed by atoms with Gasteiger partial charge in [-0.05, 0) is 54.6 Å². The van der Waals surface area contributed by atoms with Gasteiger partial charge in [0.25, 0.3) is 0 Å². The maximum absolute atomic E-state index is 12.7. The molecule has 3 aliphatic carbocycles. The topological polar surface area (TPSA) is 17.1 Å². The van der Waals surface area contributed by atoms with Gasteiger partial charge >= 0.3 is 0 Å². The number of allylic oxidation sites excluding steroid dienone is 2. The number of rotatable bonds is 0. The fourth-order valence-electron chi connectivity index (χ4n) is 4.40. The summed E-state index contributed by atoms with van der Waals surface area (Å²) in [5.74, 6) is 2.35. The predicted molar refractivity (Wildman–Crippen MR) is 76.1 cm³/mol. The molecule has 1 fully saturated rings.